The molecule has 1 saturated heterocycles. The quantitative estimate of drug-likeness (QED) is 0.765. The number of nitrogens with two attached hydrogens (primary N) is 1. The lowest BCUT2D eigenvalue weighted by molar-refractivity contribution is -0.133. The first-order valence-corrected chi connectivity index (χ1v) is 7.80. The molecule has 0 aromatic carbocycles. The Bertz CT molecular complexity index is 260. The predicted molar refractivity (Wildman–Crippen MR) is 80.0 cm³/mol. The maximum absolute atomic E-state index is 12.1. The number of amides is 1. The Morgan fingerprint density at radius 3 is 2.26 bits per heavy atom. The summed E-state index contributed by atoms with van der Waals surface area (Å²) in [4.78, 5) is 16.6. The number of rotatable bonds is 7. The van der Waals surface area contributed by atoms with Gasteiger partial charge in [-0.05, 0) is 31.7 Å². The minimum atomic E-state index is 0.334. The molecule has 1 heterocycles. The van der Waals surface area contributed by atoms with Crippen LogP contribution in [0.15, 0.2) is 0 Å². The third-order valence-corrected chi connectivity index (χ3v) is 4.09. The molecular weight excluding hydrogens is 238 g/mol. The van der Waals surface area contributed by atoms with Crippen molar-refractivity contribution in [2.24, 2.45) is 11.7 Å². The van der Waals surface area contributed by atoms with Crippen molar-refractivity contribution in [2.45, 2.75) is 52.5 Å². The van der Waals surface area contributed by atoms with Crippen LogP contribution in [0.3, 0.4) is 0 Å². The van der Waals surface area contributed by atoms with E-state index in [1.807, 2.05) is 4.90 Å². The van der Waals surface area contributed by atoms with Crippen LogP contribution in [0.25, 0.3) is 0 Å². The topological polar surface area (TPSA) is 49.6 Å². The van der Waals surface area contributed by atoms with Crippen molar-refractivity contribution < 1.29 is 4.79 Å². The summed E-state index contributed by atoms with van der Waals surface area (Å²) in [5, 5.41) is 0. The third kappa shape index (κ3) is 5.49. The zero-order valence-corrected chi connectivity index (χ0v) is 12.9. The number of hydrogen-bond donors (Lipinski definition) is 1. The SMILES string of the molecule is CCC(CCN)N1CCN(C(=O)CCC(C)C)CC1. The van der Waals surface area contributed by atoms with E-state index in [9.17, 15) is 4.79 Å². The average molecular weight is 269 g/mol. The van der Waals surface area contributed by atoms with E-state index in [-0.39, 0.29) is 0 Å². The lowest BCUT2D eigenvalue weighted by Gasteiger charge is -2.39. The molecule has 1 aliphatic heterocycles. The molecule has 0 radical (unpaired) electrons. The van der Waals surface area contributed by atoms with Crippen LogP contribution >= 0.6 is 0 Å². The van der Waals surface area contributed by atoms with Crippen LogP contribution in [0, 0.1) is 5.92 Å². The van der Waals surface area contributed by atoms with Crippen molar-refractivity contribution in [2.75, 3.05) is 32.7 Å². The zero-order chi connectivity index (χ0) is 14.3. The summed E-state index contributed by atoms with van der Waals surface area (Å²) >= 11 is 0. The molecule has 0 bridgehead atoms. The summed E-state index contributed by atoms with van der Waals surface area (Å²) in [6.45, 7) is 11.1. The fourth-order valence-electron chi connectivity index (χ4n) is 2.74. The highest BCUT2D eigenvalue weighted by atomic mass is 16.2. The Kier molecular flexibility index (Phi) is 7.39. The van der Waals surface area contributed by atoms with Crippen molar-refractivity contribution in [3.05, 3.63) is 0 Å². The van der Waals surface area contributed by atoms with E-state index in [0.29, 0.717) is 24.3 Å². The molecule has 0 spiro atoms. The van der Waals surface area contributed by atoms with Crippen LogP contribution in [0.1, 0.15) is 46.5 Å². The molecule has 0 saturated carbocycles. The van der Waals surface area contributed by atoms with Gasteiger partial charge < -0.3 is 10.6 Å². The average Bonchev–Trinajstić information content (AvgIpc) is 2.42. The first-order valence-electron chi connectivity index (χ1n) is 7.80. The molecule has 1 amide bonds. The van der Waals surface area contributed by atoms with Gasteiger partial charge in [0.1, 0.15) is 0 Å². The van der Waals surface area contributed by atoms with Crippen LogP contribution in [0.2, 0.25) is 0 Å². The summed E-state index contributed by atoms with van der Waals surface area (Å²) in [6.07, 6.45) is 3.93. The summed E-state index contributed by atoms with van der Waals surface area (Å²) in [7, 11) is 0. The van der Waals surface area contributed by atoms with E-state index in [0.717, 1.165) is 52.0 Å². The summed E-state index contributed by atoms with van der Waals surface area (Å²) in [6, 6.07) is 0.595. The van der Waals surface area contributed by atoms with E-state index in [1.54, 1.807) is 0 Å². The lowest BCUT2D eigenvalue weighted by atomic mass is 10.1. The number of hydrogen-bond acceptors (Lipinski definition) is 3. The van der Waals surface area contributed by atoms with E-state index >= 15 is 0 Å². The van der Waals surface area contributed by atoms with Gasteiger partial charge in [-0.25, -0.2) is 0 Å². The molecule has 4 heteroatoms. The van der Waals surface area contributed by atoms with Crippen molar-refractivity contribution in [1.82, 2.24) is 9.80 Å². The van der Waals surface area contributed by atoms with Crippen LogP contribution < -0.4 is 5.73 Å². The number of carbonyl (C=O) groups excluding carboxylic acids is 1. The van der Waals surface area contributed by atoms with E-state index < -0.39 is 0 Å². The van der Waals surface area contributed by atoms with Gasteiger partial charge in [-0.3, -0.25) is 9.69 Å². The van der Waals surface area contributed by atoms with E-state index in [1.165, 1.54) is 0 Å². The fourth-order valence-corrected chi connectivity index (χ4v) is 2.74. The molecule has 0 aliphatic carbocycles. The standard InChI is InChI=1S/C15H31N3O/c1-4-14(7-8-16)17-9-11-18(12-10-17)15(19)6-5-13(2)3/h13-14H,4-12,16H2,1-3H3. The first kappa shape index (κ1) is 16.4. The van der Waals surface area contributed by atoms with Gasteiger partial charge in [0.2, 0.25) is 5.91 Å². The smallest absolute Gasteiger partial charge is 0.222 e. The third-order valence-electron chi connectivity index (χ3n) is 4.09. The van der Waals surface area contributed by atoms with Crippen molar-refractivity contribution in [3.63, 3.8) is 0 Å². The Morgan fingerprint density at radius 1 is 1.16 bits per heavy atom. The normalized spacial score (nSPS) is 18.9. The maximum Gasteiger partial charge on any atom is 0.222 e. The Balaban J connectivity index is 2.33. The summed E-state index contributed by atoms with van der Waals surface area (Å²) < 4.78 is 0. The van der Waals surface area contributed by atoms with Gasteiger partial charge >= 0.3 is 0 Å². The molecule has 1 fully saturated rings. The molecule has 2 N–H and O–H groups in total. The monoisotopic (exact) mass is 269 g/mol. The van der Waals surface area contributed by atoms with E-state index in [4.69, 9.17) is 5.73 Å². The molecule has 1 atom stereocenters. The molecule has 0 aromatic rings. The molecular formula is C15H31N3O. The minimum Gasteiger partial charge on any atom is -0.340 e. The maximum atomic E-state index is 12.1. The van der Waals surface area contributed by atoms with Gasteiger partial charge in [0, 0.05) is 38.6 Å². The van der Waals surface area contributed by atoms with Gasteiger partial charge in [0.05, 0.1) is 0 Å². The largest absolute Gasteiger partial charge is 0.340 e. The summed E-state index contributed by atoms with van der Waals surface area (Å²) in [5.74, 6) is 0.944. The van der Waals surface area contributed by atoms with Gasteiger partial charge in [0.25, 0.3) is 0 Å². The molecule has 4 nitrogen and oxygen atoms in total. The number of nitrogens with zero attached hydrogens (tertiary/aromatic N) is 2. The lowest BCUT2D eigenvalue weighted by Crippen LogP contribution is -2.52. The molecule has 1 rings (SSSR count). The van der Waals surface area contributed by atoms with Crippen molar-refractivity contribution in [1.29, 1.82) is 0 Å². The predicted octanol–water partition coefficient (Wildman–Crippen LogP) is 1.69. The van der Waals surface area contributed by atoms with Crippen LogP contribution in [-0.2, 0) is 4.79 Å². The number of piperazine rings is 1. The second kappa shape index (κ2) is 8.54. The Labute approximate surface area is 118 Å². The molecule has 1 unspecified atom stereocenters. The second-order valence-electron chi connectivity index (χ2n) is 5.99. The van der Waals surface area contributed by atoms with Gasteiger partial charge in [-0.1, -0.05) is 20.8 Å². The van der Waals surface area contributed by atoms with Crippen LogP contribution in [0.4, 0.5) is 0 Å². The van der Waals surface area contributed by atoms with Crippen molar-refractivity contribution >= 4 is 5.91 Å². The van der Waals surface area contributed by atoms with Gasteiger partial charge in [-0.15, -0.1) is 0 Å². The highest BCUT2D eigenvalue weighted by molar-refractivity contribution is 5.76. The second-order valence-corrected chi connectivity index (χ2v) is 5.99. The Hall–Kier alpha value is -0.610. The molecule has 1 aliphatic rings. The zero-order valence-electron chi connectivity index (χ0n) is 12.9. The number of carbonyl (C=O) groups is 1. The summed E-state index contributed by atoms with van der Waals surface area (Å²) in [5.41, 5.74) is 5.66. The van der Waals surface area contributed by atoms with Crippen LogP contribution in [-0.4, -0.2) is 54.5 Å². The first-order chi connectivity index (χ1) is 9.08. The van der Waals surface area contributed by atoms with E-state index in [2.05, 4.69) is 25.7 Å². The van der Waals surface area contributed by atoms with Crippen LogP contribution in [0.5, 0.6) is 0 Å². The Morgan fingerprint density at radius 2 is 1.79 bits per heavy atom. The highest BCUT2D eigenvalue weighted by Gasteiger charge is 2.24. The van der Waals surface area contributed by atoms with Gasteiger partial charge in [0.15, 0.2) is 0 Å². The van der Waals surface area contributed by atoms with Gasteiger partial charge in [-0.2, -0.15) is 0 Å². The highest BCUT2D eigenvalue weighted by Crippen LogP contribution is 2.14. The molecule has 112 valence electrons. The molecule has 19 heavy (non-hydrogen) atoms. The molecule has 0 aromatic heterocycles. The van der Waals surface area contributed by atoms with Crippen molar-refractivity contribution in [3.8, 4) is 0 Å². The fraction of sp³-hybridized carbons (Fsp3) is 0.933. The minimum absolute atomic E-state index is 0.334.